The Labute approximate surface area is 122 Å². The maximum Gasteiger partial charge on any atom is 0.119 e. The molecular formula is C18H26O2. The molecule has 0 aliphatic heterocycles. The van der Waals surface area contributed by atoms with E-state index in [2.05, 4.69) is 19.1 Å². The molecule has 0 saturated heterocycles. The lowest BCUT2D eigenvalue weighted by Gasteiger charge is -2.39. The molecule has 0 aromatic heterocycles. The molecule has 0 radical (unpaired) electrons. The molecular weight excluding hydrogens is 248 g/mol. The molecule has 2 aliphatic rings. The molecule has 20 heavy (non-hydrogen) atoms. The van der Waals surface area contributed by atoms with Gasteiger partial charge in [-0.25, -0.2) is 0 Å². The van der Waals surface area contributed by atoms with Crippen LogP contribution in [0.2, 0.25) is 0 Å². The van der Waals surface area contributed by atoms with E-state index in [9.17, 15) is 5.11 Å². The van der Waals surface area contributed by atoms with Gasteiger partial charge >= 0.3 is 0 Å². The SMILES string of the molecule is CCC1CCCC(C2(O)CCc3ccc(OC)cc32)C1. The zero-order valence-corrected chi connectivity index (χ0v) is 12.7. The van der Waals surface area contributed by atoms with Gasteiger partial charge in [0.05, 0.1) is 12.7 Å². The van der Waals surface area contributed by atoms with Crippen molar-refractivity contribution < 1.29 is 9.84 Å². The van der Waals surface area contributed by atoms with Gasteiger partial charge in [0.1, 0.15) is 5.75 Å². The van der Waals surface area contributed by atoms with E-state index in [-0.39, 0.29) is 0 Å². The predicted octanol–water partition coefficient (Wildman–Crippen LogP) is 4.05. The van der Waals surface area contributed by atoms with Crippen molar-refractivity contribution in [3.8, 4) is 5.75 Å². The molecule has 2 aliphatic carbocycles. The summed E-state index contributed by atoms with van der Waals surface area (Å²) in [5.74, 6) is 2.09. The summed E-state index contributed by atoms with van der Waals surface area (Å²) in [4.78, 5) is 0. The van der Waals surface area contributed by atoms with Crippen LogP contribution in [0.25, 0.3) is 0 Å². The third kappa shape index (κ3) is 2.24. The number of hydrogen-bond acceptors (Lipinski definition) is 2. The number of hydrogen-bond donors (Lipinski definition) is 1. The standard InChI is InChI=1S/C18H26O2/c1-3-13-5-4-6-15(11-13)18(19)10-9-14-7-8-16(20-2)12-17(14)18/h7-8,12-13,15,19H,3-6,9-11H2,1-2H3. The summed E-state index contributed by atoms with van der Waals surface area (Å²) in [5, 5.41) is 11.3. The molecule has 2 heteroatoms. The monoisotopic (exact) mass is 274 g/mol. The third-order valence-electron chi connectivity index (χ3n) is 5.59. The fourth-order valence-electron chi connectivity index (χ4n) is 4.28. The van der Waals surface area contributed by atoms with Gasteiger partial charge < -0.3 is 9.84 Å². The highest BCUT2D eigenvalue weighted by atomic mass is 16.5. The Hall–Kier alpha value is -1.02. The van der Waals surface area contributed by atoms with Gasteiger partial charge in [-0.2, -0.15) is 0 Å². The molecule has 3 rings (SSSR count). The molecule has 3 unspecified atom stereocenters. The quantitative estimate of drug-likeness (QED) is 0.901. The van der Waals surface area contributed by atoms with Gasteiger partial charge in [-0.15, -0.1) is 0 Å². The van der Waals surface area contributed by atoms with E-state index in [4.69, 9.17) is 4.74 Å². The van der Waals surface area contributed by atoms with Crippen molar-refractivity contribution in [1.29, 1.82) is 0 Å². The minimum atomic E-state index is -0.613. The van der Waals surface area contributed by atoms with Gasteiger partial charge in [-0.1, -0.05) is 32.3 Å². The topological polar surface area (TPSA) is 29.5 Å². The van der Waals surface area contributed by atoms with E-state index in [0.717, 1.165) is 30.1 Å². The van der Waals surface area contributed by atoms with E-state index in [1.54, 1.807) is 7.11 Å². The van der Waals surface area contributed by atoms with Crippen LogP contribution in [0.4, 0.5) is 0 Å². The van der Waals surface area contributed by atoms with Crippen molar-refractivity contribution in [2.24, 2.45) is 11.8 Å². The van der Waals surface area contributed by atoms with Crippen LogP contribution < -0.4 is 4.74 Å². The smallest absolute Gasteiger partial charge is 0.119 e. The second-order valence-electron chi connectivity index (χ2n) is 6.59. The fourth-order valence-corrected chi connectivity index (χ4v) is 4.28. The Morgan fingerprint density at radius 3 is 2.95 bits per heavy atom. The zero-order chi connectivity index (χ0) is 14.2. The molecule has 0 amide bonds. The van der Waals surface area contributed by atoms with Crippen LogP contribution in [0.3, 0.4) is 0 Å². The molecule has 0 spiro atoms. The Morgan fingerprint density at radius 2 is 2.20 bits per heavy atom. The van der Waals surface area contributed by atoms with Crippen LogP contribution >= 0.6 is 0 Å². The first-order chi connectivity index (χ1) is 9.67. The van der Waals surface area contributed by atoms with Crippen molar-refractivity contribution in [2.45, 2.75) is 57.5 Å². The second-order valence-corrected chi connectivity index (χ2v) is 6.59. The van der Waals surface area contributed by atoms with Crippen molar-refractivity contribution >= 4 is 0 Å². The third-order valence-corrected chi connectivity index (χ3v) is 5.59. The van der Waals surface area contributed by atoms with Gasteiger partial charge in [0, 0.05) is 0 Å². The lowest BCUT2D eigenvalue weighted by Crippen LogP contribution is -2.36. The molecule has 1 aromatic rings. The predicted molar refractivity (Wildman–Crippen MR) is 81.0 cm³/mol. The van der Waals surface area contributed by atoms with Crippen molar-refractivity contribution in [3.05, 3.63) is 29.3 Å². The lowest BCUT2D eigenvalue weighted by molar-refractivity contribution is -0.0458. The molecule has 2 nitrogen and oxygen atoms in total. The highest BCUT2D eigenvalue weighted by Crippen LogP contribution is 2.49. The number of fused-ring (bicyclic) bond motifs is 1. The Bertz CT molecular complexity index is 482. The number of ether oxygens (including phenoxy) is 1. The molecule has 1 fully saturated rings. The average Bonchev–Trinajstić information content (AvgIpc) is 2.85. The van der Waals surface area contributed by atoms with Crippen molar-refractivity contribution in [1.82, 2.24) is 0 Å². The average molecular weight is 274 g/mol. The molecule has 1 aromatic carbocycles. The Morgan fingerprint density at radius 1 is 1.35 bits per heavy atom. The van der Waals surface area contributed by atoms with Gasteiger partial charge in [0.2, 0.25) is 0 Å². The van der Waals surface area contributed by atoms with Crippen LogP contribution in [0.5, 0.6) is 5.75 Å². The number of aryl methyl sites for hydroxylation is 1. The first kappa shape index (κ1) is 13.9. The largest absolute Gasteiger partial charge is 0.497 e. The first-order valence-electron chi connectivity index (χ1n) is 8.07. The van der Waals surface area contributed by atoms with Crippen LogP contribution in [0, 0.1) is 11.8 Å². The summed E-state index contributed by atoms with van der Waals surface area (Å²) in [6, 6.07) is 6.21. The summed E-state index contributed by atoms with van der Waals surface area (Å²) >= 11 is 0. The van der Waals surface area contributed by atoms with Gasteiger partial charge in [-0.3, -0.25) is 0 Å². The van der Waals surface area contributed by atoms with Crippen LogP contribution in [-0.4, -0.2) is 12.2 Å². The number of benzene rings is 1. The first-order valence-corrected chi connectivity index (χ1v) is 8.07. The Kier molecular flexibility index (Phi) is 3.76. The second kappa shape index (κ2) is 5.40. The van der Waals surface area contributed by atoms with Crippen LogP contribution in [0.15, 0.2) is 18.2 Å². The Balaban J connectivity index is 1.90. The summed E-state index contributed by atoms with van der Waals surface area (Å²) in [6.07, 6.45) is 8.10. The number of methoxy groups -OCH3 is 1. The van der Waals surface area contributed by atoms with E-state index >= 15 is 0 Å². The number of aliphatic hydroxyl groups is 1. The highest BCUT2D eigenvalue weighted by molar-refractivity contribution is 5.43. The molecule has 1 N–H and O–H groups in total. The maximum absolute atomic E-state index is 11.3. The molecule has 3 atom stereocenters. The summed E-state index contributed by atoms with van der Waals surface area (Å²) in [5.41, 5.74) is 1.84. The van der Waals surface area contributed by atoms with Gasteiger partial charge in [0.25, 0.3) is 0 Å². The lowest BCUT2D eigenvalue weighted by atomic mass is 9.70. The van der Waals surface area contributed by atoms with Crippen LogP contribution in [-0.2, 0) is 12.0 Å². The molecule has 110 valence electrons. The van der Waals surface area contributed by atoms with Crippen molar-refractivity contribution in [2.75, 3.05) is 7.11 Å². The van der Waals surface area contributed by atoms with E-state index in [0.29, 0.717) is 5.92 Å². The highest BCUT2D eigenvalue weighted by Gasteiger charge is 2.44. The summed E-state index contributed by atoms with van der Waals surface area (Å²) in [7, 11) is 1.70. The van der Waals surface area contributed by atoms with Gasteiger partial charge in [0.15, 0.2) is 0 Å². The van der Waals surface area contributed by atoms with Gasteiger partial charge in [-0.05, 0) is 60.8 Å². The minimum absolute atomic E-state index is 0.426. The maximum atomic E-state index is 11.3. The van der Waals surface area contributed by atoms with E-state index in [1.807, 2.05) is 6.07 Å². The zero-order valence-electron chi connectivity index (χ0n) is 12.7. The summed E-state index contributed by atoms with van der Waals surface area (Å²) < 4.78 is 5.35. The minimum Gasteiger partial charge on any atom is -0.497 e. The van der Waals surface area contributed by atoms with E-state index in [1.165, 1.54) is 37.7 Å². The molecule has 1 saturated carbocycles. The molecule has 0 heterocycles. The van der Waals surface area contributed by atoms with Crippen molar-refractivity contribution in [3.63, 3.8) is 0 Å². The molecule has 0 bridgehead atoms. The van der Waals surface area contributed by atoms with Crippen LogP contribution in [0.1, 0.15) is 56.6 Å². The number of rotatable bonds is 3. The summed E-state index contributed by atoms with van der Waals surface area (Å²) in [6.45, 7) is 2.28. The normalized spacial score (nSPS) is 33.0. The van der Waals surface area contributed by atoms with E-state index < -0.39 is 5.60 Å². The fraction of sp³-hybridized carbons (Fsp3) is 0.667.